The van der Waals surface area contributed by atoms with E-state index in [0.717, 1.165) is 0 Å². The van der Waals surface area contributed by atoms with E-state index in [9.17, 15) is 9.59 Å². The van der Waals surface area contributed by atoms with Crippen molar-refractivity contribution in [3.8, 4) is 0 Å². The first-order valence-electron chi connectivity index (χ1n) is 5.69. The van der Waals surface area contributed by atoms with Crippen LogP contribution in [0.2, 0.25) is 5.02 Å². The van der Waals surface area contributed by atoms with E-state index >= 15 is 0 Å². The van der Waals surface area contributed by atoms with Crippen LogP contribution in [0.25, 0.3) is 0 Å². The largest absolute Gasteiger partial charge is 0.465 e. The zero-order valence-electron chi connectivity index (χ0n) is 10.9. The van der Waals surface area contributed by atoms with E-state index < -0.39 is 5.97 Å². The van der Waals surface area contributed by atoms with Crippen LogP contribution in [0.4, 0.5) is 5.69 Å². The summed E-state index contributed by atoms with van der Waals surface area (Å²) >= 11 is 9.29. The fourth-order valence-electron chi connectivity index (χ4n) is 1.37. The quantitative estimate of drug-likeness (QED) is 0.669. The van der Waals surface area contributed by atoms with E-state index in [1.165, 1.54) is 19.2 Å². The van der Waals surface area contributed by atoms with E-state index in [0.29, 0.717) is 16.3 Å². The number of rotatable bonds is 4. The molecule has 1 unspecified atom stereocenters. The molecule has 4 nitrogen and oxygen atoms in total. The molecule has 6 heteroatoms. The molecule has 19 heavy (non-hydrogen) atoms. The molecule has 0 fully saturated rings. The third-order valence-electron chi connectivity index (χ3n) is 2.48. The van der Waals surface area contributed by atoms with Gasteiger partial charge >= 0.3 is 5.97 Å². The monoisotopic (exact) mass is 347 g/mol. The van der Waals surface area contributed by atoms with E-state index in [-0.39, 0.29) is 16.7 Å². The number of carbonyl (C=O) groups is 2. The van der Waals surface area contributed by atoms with Crippen LogP contribution in [-0.2, 0) is 9.53 Å². The minimum atomic E-state index is -0.480. The van der Waals surface area contributed by atoms with Crippen molar-refractivity contribution in [3.05, 3.63) is 28.8 Å². The van der Waals surface area contributed by atoms with Crippen molar-refractivity contribution >= 4 is 45.1 Å². The summed E-state index contributed by atoms with van der Waals surface area (Å²) in [6.07, 6.45) is 0. The highest BCUT2D eigenvalue weighted by Crippen LogP contribution is 2.25. The maximum Gasteiger partial charge on any atom is 0.337 e. The summed E-state index contributed by atoms with van der Waals surface area (Å²) in [4.78, 5) is 23.0. The van der Waals surface area contributed by atoms with Crippen LogP contribution in [0.5, 0.6) is 0 Å². The van der Waals surface area contributed by atoms with Gasteiger partial charge in [0.15, 0.2) is 0 Å². The van der Waals surface area contributed by atoms with Gasteiger partial charge in [0.05, 0.1) is 28.2 Å². The van der Waals surface area contributed by atoms with Gasteiger partial charge in [0.2, 0.25) is 5.91 Å². The highest BCUT2D eigenvalue weighted by Gasteiger charge is 2.20. The first kappa shape index (κ1) is 16.0. The van der Waals surface area contributed by atoms with E-state index in [2.05, 4.69) is 26.0 Å². The minimum absolute atomic E-state index is 0.141. The van der Waals surface area contributed by atoms with Crippen LogP contribution in [0.3, 0.4) is 0 Å². The topological polar surface area (TPSA) is 55.4 Å². The molecule has 1 N–H and O–H groups in total. The van der Waals surface area contributed by atoms with Gasteiger partial charge < -0.3 is 10.1 Å². The Morgan fingerprint density at radius 3 is 2.53 bits per heavy atom. The lowest BCUT2D eigenvalue weighted by molar-refractivity contribution is -0.116. The SMILES string of the molecule is COC(=O)c1ccc(Cl)c(NC(=O)C(Br)C(C)C)c1. The Kier molecular flexibility index (Phi) is 5.82. The number of esters is 1. The summed E-state index contributed by atoms with van der Waals surface area (Å²) in [7, 11) is 1.29. The van der Waals surface area contributed by atoms with E-state index in [4.69, 9.17) is 11.6 Å². The van der Waals surface area contributed by atoms with Gasteiger partial charge in [-0.15, -0.1) is 0 Å². The van der Waals surface area contributed by atoms with Gasteiger partial charge in [-0.05, 0) is 24.1 Å². The van der Waals surface area contributed by atoms with Crippen LogP contribution in [0.15, 0.2) is 18.2 Å². The summed E-state index contributed by atoms with van der Waals surface area (Å²) in [6.45, 7) is 3.84. The average Bonchev–Trinajstić information content (AvgIpc) is 2.39. The fourth-order valence-corrected chi connectivity index (χ4v) is 1.65. The number of alkyl halides is 1. The maximum atomic E-state index is 11.9. The molecule has 0 bridgehead atoms. The number of carbonyl (C=O) groups excluding carboxylic acids is 2. The molecule has 1 amide bonds. The van der Waals surface area contributed by atoms with Gasteiger partial charge in [-0.3, -0.25) is 4.79 Å². The summed E-state index contributed by atoms with van der Waals surface area (Å²) in [6, 6.07) is 4.58. The van der Waals surface area contributed by atoms with Crippen molar-refractivity contribution in [2.45, 2.75) is 18.7 Å². The molecule has 0 spiro atoms. The highest BCUT2D eigenvalue weighted by molar-refractivity contribution is 9.10. The molecule has 1 atom stereocenters. The second kappa shape index (κ2) is 6.91. The van der Waals surface area contributed by atoms with Crippen molar-refractivity contribution in [1.82, 2.24) is 0 Å². The number of halogens is 2. The number of anilines is 1. The second-order valence-corrected chi connectivity index (χ2v) is 5.71. The second-order valence-electron chi connectivity index (χ2n) is 4.32. The maximum absolute atomic E-state index is 11.9. The van der Waals surface area contributed by atoms with Gasteiger partial charge in [0.25, 0.3) is 0 Å². The average molecular weight is 349 g/mol. The van der Waals surface area contributed by atoms with Crippen molar-refractivity contribution in [2.75, 3.05) is 12.4 Å². The number of ether oxygens (including phenoxy) is 1. The van der Waals surface area contributed by atoms with Gasteiger partial charge in [0, 0.05) is 0 Å². The predicted molar refractivity (Wildman–Crippen MR) is 79.0 cm³/mol. The molecule has 0 aliphatic rings. The third-order valence-corrected chi connectivity index (χ3v) is 4.28. The lowest BCUT2D eigenvalue weighted by Crippen LogP contribution is -2.27. The van der Waals surface area contributed by atoms with Gasteiger partial charge in [-0.1, -0.05) is 41.4 Å². The number of hydrogen-bond donors (Lipinski definition) is 1. The number of hydrogen-bond acceptors (Lipinski definition) is 3. The number of benzene rings is 1. The number of methoxy groups -OCH3 is 1. The normalized spacial score (nSPS) is 12.1. The molecular formula is C13H15BrClNO3. The molecule has 0 radical (unpaired) electrons. The summed E-state index contributed by atoms with van der Waals surface area (Å²) in [5.74, 6) is -0.548. The van der Waals surface area contributed by atoms with Gasteiger partial charge in [-0.2, -0.15) is 0 Å². The predicted octanol–water partition coefficient (Wildman–Crippen LogP) is 3.48. The highest BCUT2D eigenvalue weighted by atomic mass is 79.9. The Morgan fingerprint density at radius 1 is 1.37 bits per heavy atom. The molecule has 0 saturated carbocycles. The number of amides is 1. The molecule has 1 rings (SSSR count). The standard InChI is InChI=1S/C13H15BrClNO3/c1-7(2)11(14)12(17)16-10-6-8(13(18)19-3)4-5-9(10)15/h4-7,11H,1-3H3,(H,16,17). The number of nitrogens with one attached hydrogen (secondary N) is 1. The van der Waals surface area contributed by atoms with Crippen LogP contribution >= 0.6 is 27.5 Å². The molecule has 1 aromatic rings. The van der Waals surface area contributed by atoms with Crippen molar-refractivity contribution in [1.29, 1.82) is 0 Å². The van der Waals surface area contributed by atoms with Crippen molar-refractivity contribution in [3.63, 3.8) is 0 Å². The molecule has 0 heterocycles. The molecule has 0 aliphatic carbocycles. The Bertz CT molecular complexity index is 491. The van der Waals surface area contributed by atoms with Crippen LogP contribution in [0, 0.1) is 5.92 Å². The molecule has 0 aliphatic heterocycles. The van der Waals surface area contributed by atoms with Crippen LogP contribution in [-0.4, -0.2) is 23.8 Å². The summed E-state index contributed by atoms with van der Waals surface area (Å²) in [5, 5.41) is 3.05. The van der Waals surface area contributed by atoms with Crippen LogP contribution < -0.4 is 5.32 Å². The fraction of sp³-hybridized carbons (Fsp3) is 0.385. The molecule has 104 valence electrons. The zero-order valence-corrected chi connectivity index (χ0v) is 13.2. The van der Waals surface area contributed by atoms with Crippen molar-refractivity contribution < 1.29 is 14.3 Å². The smallest absolute Gasteiger partial charge is 0.337 e. The summed E-state index contributed by atoms with van der Waals surface area (Å²) < 4.78 is 4.62. The Morgan fingerprint density at radius 2 is 2.00 bits per heavy atom. The Balaban J connectivity index is 2.94. The van der Waals surface area contributed by atoms with E-state index in [1.54, 1.807) is 6.07 Å². The Labute approximate surface area is 125 Å². The zero-order chi connectivity index (χ0) is 14.6. The molecular weight excluding hydrogens is 334 g/mol. The molecule has 0 saturated heterocycles. The molecule has 1 aromatic carbocycles. The lowest BCUT2D eigenvalue weighted by Gasteiger charge is -2.15. The summed E-state index contributed by atoms with van der Waals surface area (Å²) in [5.41, 5.74) is 0.720. The van der Waals surface area contributed by atoms with Gasteiger partial charge in [0.1, 0.15) is 0 Å². The van der Waals surface area contributed by atoms with E-state index in [1.807, 2.05) is 13.8 Å². The van der Waals surface area contributed by atoms with Crippen molar-refractivity contribution in [2.24, 2.45) is 5.92 Å². The van der Waals surface area contributed by atoms with Crippen LogP contribution in [0.1, 0.15) is 24.2 Å². The molecule has 0 aromatic heterocycles. The third kappa shape index (κ3) is 4.21. The first-order chi connectivity index (χ1) is 8.86. The minimum Gasteiger partial charge on any atom is -0.465 e. The lowest BCUT2D eigenvalue weighted by atomic mass is 10.1. The van der Waals surface area contributed by atoms with Gasteiger partial charge in [-0.25, -0.2) is 4.79 Å². The Hall–Kier alpha value is -1.07. The first-order valence-corrected chi connectivity index (χ1v) is 6.99.